The zero-order valence-electron chi connectivity index (χ0n) is 17.6. The Hall–Kier alpha value is -1.98. The van der Waals surface area contributed by atoms with Crippen molar-refractivity contribution in [3.8, 4) is 0 Å². The fourth-order valence-corrected chi connectivity index (χ4v) is 5.40. The van der Waals surface area contributed by atoms with Crippen LogP contribution in [0.15, 0.2) is 60.7 Å². The lowest BCUT2D eigenvalue weighted by Gasteiger charge is -2.41. The van der Waals surface area contributed by atoms with E-state index in [1.165, 1.54) is 11.8 Å². The summed E-state index contributed by atoms with van der Waals surface area (Å²) >= 11 is 1.51. The van der Waals surface area contributed by atoms with Crippen LogP contribution in [0.1, 0.15) is 44.7 Å². The number of thioether (sulfide) groups is 1. The largest absolute Gasteiger partial charge is 0.431 e. The van der Waals surface area contributed by atoms with Gasteiger partial charge in [0.1, 0.15) is 5.37 Å². The van der Waals surface area contributed by atoms with Gasteiger partial charge in [0.05, 0.1) is 12.1 Å². The zero-order chi connectivity index (χ0) is 21.0. The molecule has 3 atom stereocenters. The van der Waals surface area contributed by atoms with Crippen LogP contribution in [0, 0.1) is 5.92 Å². The Balaban J connectivity index is 2.20. The van der Waals surface area contributed by atoms with Crippen molar-refractivity contribution in [1.82, 2.24) is 4.90 Å². The molecule has 5 heteroatoms. The Morgan fingerprint density at radius 3 is 2.00 bits per heavy atom. The molecule has 0 aliphatic carbocycles. The minimum Gasteiger partial charge on any atom is -0.431 e. The van der Waals surface area contributed by atoms with Crippen LogP contribution in [0.2, 0.25) is 0 Å². The second-order valence-corrected chi connectivity index (χ2v) is 8.87. The average molecular weight is 414 g/mol. The maximum absolute atomic E-state index is 13.3. The van der Waals surface area contributed by atoms with Crippen molar-refractivity contribution in [3.63, 3.8) is 0 Å². The Morgan fingerprint density at radius 2 is 1.59 bits per heavy atom. The average Bonchev–Trinajstić information content (AvgIpc) is 3.04. The lowest BCUT2D eigenvalue weighted by atomic mass is 9.75. The van der Waals surface area contributed by atoms with Gasteiger partial charge in [-0.1, -0.05) is 87.9 Å². The van der Waals surface area contributed by atoms with Crippen molar-refractivity contribution >= 4 is 17.9 Å². The third-order valence-electron chi connectivity index (χ3n) is 5.64. The molecule has 0 aromatic heterocycles. The summed E-state index contributed by atoms with van der Waals surface area (Å²) in [6, 6.07) is 19.7. The van der Waals surface area contributed by atoms with Gasteiger partial charge in [0.2, 0.25) is 0 Å². The molecular weight excluding hydrogens is 382 g/mol. The first kappa shape index (κ1) is 21.7. The van der Waals surface area contributed by atoms with Crippen LogP contribution in [0.3, 0.4) is 0 Å². The third-order valence-corrected chi connectivity index (χ3v) is 6.67. The van der Waals surface area contributed by atoms with E-state index in [1.54, 1.807) is 4.90 Å². The number of carbonyl (C=O) groups excluding carboxylic acids is 1. The van der Waals surface area contributed by atoms with E-state index >= 15 is 0 Å². The molecular formula is C24H31NO3S. The molecule has 1 saturated heterocycles. The molecule has 29 heavy (non-hydrogen) atoms. The van der Waals surface area contributed by atoms with E-state index in [4.69, 9.17) is 4.74 Å². The van der Waals surface area contributed by atoms with E-state index in [2.05, 4.69) is 13.8 Å². The molecule has 1 aliphatic rings. The van der Waals surface area contributed by atoms with E-state index < -0.39 is 11.7 Å². The number of rotatable bonds is 8. The maximum atomic E-state index is 13.3. The molecule has 0 spiro atoms. The lowest BCUT2D eigenvalue weighted by molar-refractivity contribution is 0.0469. The van der Waals surface area contributed by atoms with Crippen LogP contribution >= 0.6 is 11.8 Å². The van der Waals surface area contributed by atoms with Crippen LogP contribution in [0.25, 0.3) is 0 Å². The summed E-state index contributed by atoms with van der Waals surface area (Å²) in [5.41, 5.74) is 0.976. The topological polar surface area (TPSA) is 49.8 Å². The van der Waals surface area contributed by atoms with Crippen LogP contribution in [-0.2, 0) is 10.3 Å². The Labute approximate surface area is 178 Å². The van der Waals surface area contributed by atoms with Gasteiger partial charge < -0.3 is 9.84 Å². The fourth-order valence-electron chi connectivity index (χ4n) is 4.50. The summed E-state index contributed by atoms with van der Waals surface area (Å²) in [6.45, 7) is 6.27. The van der Waals surface area contributed by atoms with Crippen LogP contribution in [0.4, 0.5) is 4.79 Å². The molecule has 4 nitrogen and oxygen atoms in total. The quantitative estimate of drug-likeness (QED) is 0.641. The van der Waals surface area contributed by atoms with Crippen LogP contribution in [0.5, 0.6) is 0 Å². The highest BCUT2D eigenvalue weighted by Gasteiger charge is 2.59. The van der Waals surface area contributed by atoms with Gasteiger partial charge in [-0.15, -0.1) is 11.8 Å². The highest BCUT2D eigenvalue weighted by atomic mass is 32.2. The van der Waals surface area contributed by atoms with Gasteiger partial charge in [0.15, 0.2) is 5.60 Å². The number of aliphatic hydroxyl groups excluding tert-OH is 1. The van der Waals surface area contributed by atoms with Gasteiger partial charge in [0, 0.05) is 11.1 Å². The van der Waals surface area contributed by atoms with E-state index in [0.717, 1.165) is 17.5 Å². The molecule has 0 bridgehead atoms. The summed E-state index contributed by atoms with van der Waals surface area (Å²) in [5.74, 6) is 0.116. The highest BCUT2D eigenvalue weighted by Crippen LogP contribution is 2.49. The second-order valence-electron chi connectivity index (χ2n) is 7.91. The second kappa shape index (κ2) is 9.23. The summed E-state index contributed by atoms with van der Waals surface area (Å²) < 4.78 is 6.28. The van der Waals surface area contributed by atoms with E-state index in [9.17, 15) is 9.90 Å². The molecule has 0 radical (unpaired) electrons. The Bertz CT molecular complexity index is 757. The van der Waals surface area contributed by atoms with Gasteiger partial charge >= 0.3 is 6.09 Å². The number of benzene rings is 2. The molecule has 1 aliphatic heterocycles. The highest BCUT2D eigenvalue weighted by molar-refractivity contribution is 7.99. The Kier molecular flexibility index (Phi) is 6.91. The van der Waals surface area contributed by atoms with Crippen molar-refractivity contribution < 1.29 is 14.6 Å². The van der Waals surface area contributed by atoms with Crippen molar-refractivity contribution in [3.05, 3.63) is 71.8 Å². The van der Waals surface area contributed by atoms with E-state index in [0.29, 0.717) is 6.42 Å². The molecule has 2 aromatic carbocycles. The molecule has 156 valence electrons. The maximum Gasteiger partial charge on any atom is 0.412 e. The number of amides is 1. The predicted molar refractivity (Wildman–Crippen MR) is 119 cm³/mol. The van der Waals surface area contributed by atoms with Gasteiger partial charge in [-0.25, -0.2) is 4.79 Å². The first-order valence-corrected chi connectivity index (χ1v) is 11.6. The monoisotopic (exact) mass is 413 g/mol. The number of hydrogen-bond donors (Lipinski definition) is 1. The van der Waals surface area contributed by atoms with E-state index in [-0.39, 0.29) is 23.4 Å². The number of cyclic esters (lactones) is 1. The standard InChI is InChI=1S/C24H31NO3S/c1-5-12-20(26)22(29-4)25-21(17(2)3)24(28-23(25)27,18-13-8-6-9-14-18)19-15-10-7-11-16-19/h6-11,13-17,20-22,26H,5,12H2,1-4H3/t20-,21+,22+/m1/s1. The normalized spacial score (nSPS) is 20.6. The van der Waals surface area contributed by atoms with Gasteiger partial charge in [-0.05, 0) is 18.6 Å². The third kappa shape index (κ3) is 3.90. The van der Waals surface area contributed by atoms with Crippen LogP contribution < -0.4 is 0 Å². The van der Waals surface area contributed by atoms with Crippen molar-refractivity contribution in [2.45, 2.75) is 56.7 Å². The molecule has 1 N–H and O–H groups in total. The van der Waals surface area contributed by atoms with E-state index in [1.807, 2.05) is 73.8 Å². The summed E-state index contributed by atoms with van der Waals surface area (Å²) in [4.78, 5) is 15.1. The lowest BCUT2D eigenvalue weighted by Crippen LogP contribution is -2.53. The molecule has 1 heterocycles. The molecule has 1 amide bonds. The number of nitrogens with zero attached hydrogens (tertiary/aromatic N) is 1. The number of aliphatic hydroxyl groups is 1. The number of hydrogen-bond acceptors (Lipinski definition) is 4. The summed E-state index contributed by atoms with van der Waals surface area (Å²) in [6.07, 6.45) is 2.47. The summed E-state index contributed by atoms with van der Waals surface area (Å²) in [5, 5.41) is 10.5. The summed E-state index contributed by atoms with van der Waals surface area (Å²) in [7, 11) is 0. The predicted octanol–water partition coefficient (Wildman–Crippen LogP) is 5.26. The van der Waals surface area contributed by atoms with Gasteiger partial charge in [-0.3, -0.25) is 4.90 Å². The zero-order valence-corrected chi connectivity index (χ0v) is 18.4. The minimum atomic E-state index is -0.923. The van der Waals surface area contributed by atoms with Crippen LogP contribution in [-0.4, -0.2) is 39.9 Å². The number of ether oxygens (including phenoxy) is 1. The van der Waals surface area contributed by atoms with Gasteiger partial charge in [-0.2, -0.15) is 0 Å². The van der Waals surface area contributed by atoms with Crippen molar-refractivity contribution in [2.24, 2.45) is 5.92 Å². The smallest absolute Gasteiger partial charge is 0.412 e. The molecule has 1 fully saturated rings. The molecule has 3 rings (SSSR count). The Morgan fingerprint density at radius 1 is 1.07 bits per heavy atom. The van der Waals surface area contributed by atoms with Crippen molar-refractivity contribution in [1.29, 1.82) is 0 Å². The first-order chi connectivity index (χ1) is 14.0. The first-order valence-electron chi connectivity index (χ1n) is 10.3. The molecule has 2 aromatic rings. The molecule has 0 unspecified atom stereocenters. The SMILES string of the molecule is CCC[C@@H](O)[C@H](SC)N1C(=O)OC(c2ccccc2)(c2ccccc2)[C@@H]1C(C)C. The van der Waals surface area contributed by atoms with Gasteiger partial charge in [0.25, 0.3) is 0 Å². The fraction of sp³-hybridized carbons (Fsp3) is 0.458. The number of carbonyl (C=O) groups is 1. The van der Waals surface area contributed by atoms with Crippen molar-refractivity contribution in [2.75, 3.05) is 6.26 Å². The molecule has 0 saturated carbocycles. The minimum absolute atomic E-state index is 0.116.